The third-order valence-corrected chi connectivity index (χ3v) is 12.5. The lowest BCUT2D eigenvalue weighted by Gasteiger charge is -2.25. The van der Waals surface area contributed by atoms with Crippen molar-refractivity contribution in [3.8, 4) is 0 Å². The molecule has 0 aliphatic heterocycles. The summed E-state index contributed by atoms with van der Waals surface area (Å²) in [4.78, 5) is 23.2. The summed E-state index contributed by atoms with van der Waals surface area (Å²) in [5.74, 6) is -0.173. The van der Waals surface area contributed by atoms with Gasteiger partial charge in [-0.3, -0.25) is 13.8 Å². The van der Waals surface area contributed by atoms with Crippen LogP contribution in [0.3, 0.4) is 0 Å². The number of aliphatic hydroxyl groups excluding tert-OH is 1. The minimum absolute atomic E-state index is 0.0647. The molecular weight excluding hydrogens is 744 g/mol. The van der Waals surface area contributed by atoms with Gasteiger partial charge in [0.15, 0.2) is 0 Å². The fourth-order valence-electron chi connectivity index (χ4n) is 7.51. The summed E-state index contributed by atoms with van der Waals surface area (Å²) in [7, 11) is 1.58. The zero-order chi connectivity index (χ0) is 42.8. The SMILES string of the molecule is CCCCCCCCCCCCCC=C[C@@H](O)[C@H](COP(=O)(O)OCC[N+](C)(C)C)NC(=O)CCCCCCCCCCCCCCCCCCCCCCCCC. The second kappa shape index (κ2) is 41.6. The van der Waals surface area contributed by atoms with Gasteiger partial charge in [-0.15, -0.1) is 0 Å². The smallest absolute Gasteiger partial charge is 0.387 e. The van der Waals surface area contributed by atoms with Gasteiger partial charge >= 0.3 is 7.82 Å². The van der Waals surface area contributed by atoms with Gasteiger partial charge in [-0.05, 0) is 19.3 Å². The Bertz CT molecular complexity index is 958. The van der Waals surface area contributed by atoms with Gasteiger partial charge in [0, 0.05) is 6.42 Å². The van der Waals surface area contributed by atoms with Crippen LogP contribution < -0.4 is 5.32 Å². The molecule has 0 fully saturated rings. The molecule has 0 aliphatic carbocycles. The number of quaternary nitrogens is 1. The van der Waals surface area contributed by atoms with Crippen LogP contribution in [-0.2, 0) is 18.4 Å². The molecule has 0 bridgehead atoms. The number of aliphatic hydroxyl groups is 1. The van der Waals surface area contributed by atoms with E-state index in [4.69, 9.17) is 9.05 Å². The molecule has 3 N–H and O–H groups in total. The Balaban J connectivity index is 4.20. The van der Waals surface area contributed by atoms with Crippen LogP contribution >= 0.6 is 7.82 Å². The van der Waals surface area contributed by atoms with Crippen molar-refractivity contribution in [2.45, 2.75) is 257 Å². The van der Waals surface area contributed by atoms with Gasteiger partial charge in [-0.25, -0.2) is 4.57 Å². The van der Waals surface area contributed by atoms with Crippen LogP contribution in [0, 0.1) is 0 Å². The summed E-state index contributed by atoms with van der Waals surface area (Å²) in [6.07, 6.45) is 48.6. The highest BCUT2D eigenvalue weighted by atomic mass is 31.2. The van der Waals surface area contributed by atoms with Crippen LogP contribution in [0.15, 0.2) is 12.2 Å². The zero-order valence-corrected chi connectivity index (χ0v) is 40.2. The number of hydrogen-bond acceptors (Lipinski definition) is 5. The van der Waals surface area contributed by atoms with Gasteiger partial charge in [0.1, 0.15) is 13.2 Å². The second-order valence-electron chi connectivity index (χ2n) is 18.6. The lowest BCUT2D eigenvalue weighted by atomic mass is 10.0. The molecule has 0 aromatic carbocycles. The van der Waals surface area contributed by atoms with E-state index in [0.29, 0.717) is 17.4 Å². The predicted octanol–water partition coefficient (Wildman–Crippen LogP) is 14.3. The van der Waals surface area contributed by atoms with Crippen molar-refractivity contribution < 1.29 is 32.9 Å². The van der Waals surface area contributed by atoms with E-state index in [1.54, 1.807) is 6.08 Å². The van der Waals surface area contributed by atoms with Crippen molar-refractivity contribution in [3.63, 3.8) is 0 Å². The Kier molecular flexibility index (Phi) is 41.0. The fourth-order valence-corrected chi connectivity index (χ4v) is 8.25. The maximum absolute atomic E-state index is 12.9. The molecule has 58 heavy (non-hydrogen) atoms. The normalized spacial score (nSPS) is 14.3. The third-order valence-electron chi connectivity index (χ3n) is 11.5. The molecule has 0 radical (unpaired) electrons. The number of hydrogen-bond donors (Lipinski definition) is 3. The van der Waals surface area contributed by atoms with E-state index in [0.717, 1.165) is 38.5 Å². The fraction of sp³-hybridized carbons (Fsp3) is 0.939. The largest absolute Gasteiger partial charge is 0.472 e. The van der Waals surface area contributed by atoms with E-state index in [-0.39, 0.29) is 19.1 Å². The Morgan fingerprint density at radius 3 is 1.28 bits per heavy atom. The van der Waals surface area contributed by atoms with E-state index in [1.807, 2.05) is 27.2 Å². The molecule has 0 aromatic heterocycles. The molecule has 0 aliphatic rings. The lowest BCUT2D eigenvalue weighted by molar-refractivity contribution is -0.870. The highest BCUT2D eigenvalue weighted by molar-refractivity contribution is 7.47. The van der Waals surface area contributed by atoms with Crippen molar-refractivity contribution in [2.75, 3.05) is 40.9 Å². The molecular formula is C49H100N2O6P+. The van der Waals surface area contributed by atoms with Crippen molar-refractivity contribution in [1.82, 2.24) is 5.32 Å². The predicted molar refractivity (Wildman–Crippen MR) is 249 cm³/mol. The lowest BCUT2D eigenvalue weighted by Crippen LogP contribution is -2.45. The van der Waals surface area contributed by atoms with Crippen molar-refractivity contribution in [3.05, 3.63) is 12.2 Å². The highest BCUT2D eigenvalue weighted by Gasteiger charge is 2.27. The van der Waals surface area contributed by atoms with Crippen LogP contribution in [0.5, 0.6) is 0 Å². The molecule has 0 aromatic rings. The van der Waals surface area contributed by atoms with Gasteiger partial charge in [0.2, 0.25) is 5.91 Å². The first-order valence-electron chi connectivity index (χ1n) is 25.1. The average molecular weight is 844 g/mol. The first-order valence-corrected chi connectivity index (χ1v) is 26.6. The number of nitrogens with zero attached hydrogens (tertiary/aromatic N) is 1. The van der Waals surface area contributed by atoms with Gasteiger partial charge < -0.3 is 19.8 Å². The van der Waals surface area contributed by atoms with Crippen LogP contribution in [0.25, 0.3) is 0 Å². The van der Waals surface area contributed by atoms with Crippen molar-refractivity contribution in [1.29, 1.82) is 0 Å². The number of allylic oxidation sites excluding steroid dienone is 1. The maximum atomic E-state index is 12.9. The number of unbranched alkanes of at least 4 members (excludes halogenated alkanes) is 33. The number of phosphoric acid groups is 1. The number of carbonyl (C=O) groups is 1. The Morgan fingerprint density at radius 2 is 0.914 bits per heavy atom. The summed E-state index contributed by atoms with van der Waals surface area (Å²) in [5, 5.41) is 13.9. The summed E-state index contributed by atoms with van der Waals surface area (Å²) >= 11 is 0. The average Bonchev–Trinajstić information content (AvgIpc) is 3.17. The number of carbonyl (C=O) groups excluding carboxylic acids is 1. The van der Waals surface area contributed by atoms with Gasteiger partial charge in [-0.1, -0.05) is 231 Å². The molecule has 3 atom stereocenters. The van der Waals surface area contributed by atoms with E-state index in [1.165, 1.54) is 186 Å². The van der Waals surface area contributed by atoms with Crippen LogP contribution in [0.1, 0.15) is 245 Å². The minimum atomic E-state index is -4.33. The van der Waals surface area contributed by atoms with Gasteiger partial charge in [-0.2, -0.15) is 0 Å². The van der Waals surface area contributed by atoms with Crippen LogP contribution in [0.4, 0.5) is 0 Å². The molecule has 1 amide bonds. The number of amides is 1. The van der Waals surface area contributed by atoms with Gasteiger partial charge in [0.05, 0.1) is 39.9 Å². The second-order valence-corrected chi connectivity index (χ2v) is 20.0. The van der Waals surface area contributed by atoms with E-state index in [9.17, 15) is 19.4 Å². The molecule has 0 saturated heterocycles. The summed E-state index contributed by atoms with van der Waals surface area (Å²) < 4.78 is 23.6. The summed E-state index contributed by atoms with van der Waals surface area (Å²) in [5.41, 5.74) is 0. The van der Waals surface area contributed by atoms with Crippen molar-refractivity contribution >= 4 is 13.7 Å². The first kappa shape index (κ1) is 57.2. The first-order chi connectivity index (χ1) is 28.0. The molecule has 9 heteroatoms. The number of rotatable bonds is 46. The molecule has 0 saturated carbocycles. The van der Waals surface area contributed by atoms with Gasteiger partial charge in [0.25, 0.3) is 0 Å². The van der Waals surface area contributed by atoms with E-state index >= 15 is 0 Å². The molecule has 0 spiro atoms. The molecule has 0 rings (SSSR count). The minimum Gasteiger partial charge on any atom is -0.387 e. The maximum Gasteiger partial charge on any atom is 0.472 e. The summed E-state index contributed by atoms with van der Waals surface area (Å²) in [6.45, 7) is 4.84. The molecule has 8 nitrogen and oxygen atoms in total. The molecule has 0 heterocycles. The topological polar surface area (TPSA) is 105 Å². The monoisotopic (exact) mass is 844 g/mol. The Hall–Kier alpha value is -0.760. The standard InChI is InChI=1S/C49H99N2O6P/c1-6-8-10-12-14-16-18-20-21-22-23-24-25-26-27-28-29-31-33-35-37-39-41-43-49(53)50-47(46-57-58(54,55)56-45-44-51(3,4)5)48(52)42-40-38-36-34-32-30-19-17-15-13-11-9-7-2/h40,42,47-48,52H,6-39,41,43-46H2,1-5H3,(H-,50,53,54,55)/p+1/t47-,48+/m0/s1. The van der Waals surface area contributed by atoms with E-state index < -0.39 is 20.0 Å². The zero-order valence-electron chi connectivity index (χ0n) is 39.3. The molecule has 1 unspecified atom stereocenters. The quantitative estimate of drug-likeness (QED) is 0.0244. The van der Waals surface area contributed by atoms with Crippen molar-refractivity contribution in [2.24, 2.45) is 0 Å². The number of phosphoric ester groups is 1. The van der Waals surface area contributed by atoms with E-state index in [2.05, 4.69) is 19.2 Å². The highest BCUT2D eigenvalue weighted by Crippen LogP contribution is 2.43. The molecule has 346 valence electrons. The number of likely N-dealkylation sites (N-methyl/N-ethyl adjacent to an activating group) is 1. The Morgan fingerprint density at radius 1 is 0.569 bits per heavy atom. The summed E-state index contributed by atoms with van der Waals surface area (Å²) in [6, 6.07) is -0.840. The third kappa shape index (κ3) is 43.3. The number of nitrogens with one attached hydrogen (secondary N) is 1. The van der Waals surface area contributed by atoms with Crippen LogP contribution in [-0.4, -0.2) is 73.4 Å². The Labute approximate surface area is 361 Å². The van der Waals surface area contributed by atoms with Crippen LogP contribution in [0.2, 0.25) is 0 Å².